The first-order chi connectivity index (χ1) is 10.1. The molecule has 5 heteroatoms. The van der Waals surface area contributed by atoms with Gasteiger partial charge >= 0.3 is 0 Å². The highest BCUT2D eigenvalue weighted by Gasteiger charge is 2.41. The molecular formula is C16H21N3O2. The maximum atomic E-state index is 12.3. The molecule has 0 bridgehead atoms. The van der Waals surface area contributed by atoms with E-state index in [2.05, 4.69) is 10.6 Å². The Morgan fingerprint density at radius 3 is 3.10 bits per heavy atom. The fourth-order valence-corrected chi connectivity index (χ4v) is 3.24. The summed E-state index contributed by atoms with van der Waals surface area (Å²) < 4.78 is 0. The molecule has 2 unspecified atom stereocenters. The smallest absolute Gasteiger partial charge is 0.243 e. The van der Waals surface area contributed by atoms with Gasteiger partial charge in [-0.05, 0) is 44.0 Å². The van der Waals surface area contributed by atoms with Crippen molar-refractivity contribution in [3.05, 3.63) is 29.8 Å². The highest BCUT2D eigenvalue weighted by molar-refractivity contribution is 5.95. The number of hydrogen-bond acceptors (Lipinski definition) is 3. The Hall–Kier alpha value is -1.88. The lowest BCUT2D eigenvalue weighted by atomic mass is 9.94. The van der Waals surface area contributed by atoms with E-state index in [0.717, 1.165) is 30.6 Å². The topological polar surface area (TPSA) is 61.4 Å². The summed E-state index contributed by atoms with van der Waals surface area (Å²) in [6.45, 7) is 3.74. The predicted molar refractivity (Wildman–Crippen MR) is 80.9 cm³/mol. The lowest BCUT2D eigenvalue weighted by Gasteiger charge is -2.23. The number of aryl methyl sites for hydroxylation is 1. The van der Waals surface area contributed by atoms with Crippen molar-refractivity contribution in [1.82, 2.24) is 10.2 Å². The summed E-state index contributed by atoms with van der Waals surface area (Å²) in [7, 11) is 0. The molecule has 2 heterocycles. The monoisotopic (exact) mass is 287 g/mol. The lowest BCUT2D eigenvalue weighted by molar-refractivity contribution is -0.134. The molecule has 2 atom stereocenters. The molecule has 0 aliphatic carbocycles. The predicted octanol–water partition coefficient (Wildman–Crippen LogP) is 1.14. The normalized spacial score (nSPS) is 24.8. The van der Waals surface area contributed by atoms with Crippen LogP contribution in [0.3, 0.4) is 0 Å². The van der Waals surface area contributed by atoms with Crippen LogP contribution in [0.25, 0.3) is 0 Å². The summed E-state index contributed by atoms with van der Waals surface area (Å²) in [5.74, 6) is 0.0460. The van der Waals surface area contributed by atoms with Gasteiger partial charge in [0, 0.05) is 18.3 Å². The second-order valence-electron chi connectivity index (χ2n) is 5.95. The average Bonchev–Trinajstić information content (AvgIpc) is 2.76. The van der Waals surface area contributed by atoms with Crippen molar-refractivity contribution >= 4 is 17.5 Å². The van der Waals surface area contributed by atoms with Gasteiger partial charge in [-0.25, -0.2) is 0 Å². The first-order valence-corrected chi connectivity index (χ1v) is 7.52. The third-order valence-corrected chi connectivity index (χ3v) is 4.27. The zero-order valence-electron chi connectivity index (χ0n) is 12.3. The van der Waals surface area contributed by atoms with Crippen LogP contribution in [0, 0.1) is 12.8 Å². The minimum absolute atomic E-state index is 0.0607. The van der Waals surface area contributed by atoms with E-state index in [1.54, 1.807) is 4.90 Å². The molecule has 2 aliphatic heterocycles. The van der Waals surface area contributed by atoms with Crippen LogP contribution in [0.15, 0.2) is 24.3 Å². The molecule has 2 N–H and O–H groups in total. The summed E-state index contributed by atoms with van der Waals surface area (Å²) in [5.41, 5.74) is 1.88. The summed E-state index contributed by atoms with van der Waals surface area (Å²) in [4.78, 5) is 26.1. The summed E-state index contributed by atoms with van der Waals surface area (Å²) in [6, 6.07) is 7.89. The number of hydrogen-bond donors (Lipinski definition) is 2. The Morgan fingerprint density at radius 1 is 1.48 bits per heavy atom. The minimum Gasteiger partial charge on any atom is -0.331 e. The van der Waals surface area contributed by atoms with Crippen LogP contribution in [0.1, 0.15) is 18.4 Å². The van der Waals surface area contributed by atoms with Gasteiger partial charge in [-0.2, -0.15) is 0 Å². The highest BCUT2D eigenvalue weighted by Crippen LogP contribution is 2.26. The third-order valence-electron chi connectivity index (χ3n) is 4.27. The molecule has 1 aromatic rings. The molecule has 2 aliphatic rings. The largest absolute Gasteiger partial charge is 0.331 e. The number of fused-ring (bicyclic) bond motifs is 1. The third kappa shape index (κ3) is 3.08. The van der Waals surface area contributed by atoms with Crippen molar-refractivity contribution in [3.8, 4) is 0 Å². The molecule has 0 aromatic heterocycles. The Kier molecular flexibility index (Phi) is 3.92. The molecule has 2 saturated heterocycles. The quantitative estimate of drug-likeness (QED) is 0.876. The first kappa shape index (κ1) is 14.1. The van der Waals surface area contributed by atoms with Crippen LogP contribution in [0.4, 0.5) is 5.69 Å². The maximum Gasteiger partial charge on any atom is 0.243 e. The number of likely N-dealkylation sites (tertiary alicyclic amines) is 1. The maximum absolute atomic E-state index is 12.3. The van der Waals surface area contributed by atoms with E-state index in [1.807, 2.05) is 31.2 Å². The van der Waals surface area contributed by atoms with Gasteiger partial charge in [0.15, 0.2) is 0 Å². The molecule has 2 fully saturated rings. The van der Waals surface area contributed by atoms with Gasteiger partial charge in [-0.3, -0.25) is 9.59 Å². The number of piperidine rings is 1. The molecule has 1 aromatic carbocycles. The van der Waals surface area contributed by atoms with Gasteiger partial charge in [0.25, 0.3) is 0 Å². The zero-order valence-corrected chi connectivity index (χ0v) is 12.3. The molecule has 0 radical (unpaired) electrons. The van der Waals surface area contributed by atoms with Crippen molar-refractivity contribution in [1.29, 1.82) is 0 Å². The van der Waals surface area contributed by atoms with Gasteiger partial charge in [-0.15, -0.1) is 0 Å². The Labute approximate surface area is 124 Å². The molecule has 0 spiro atoms. The number of anilines is 1. The average molecular weight is 287 g/mol. The Balaban J connectivity index is 1.59. The van der Waals surface area contributed by atoms with Crippen molar-refractivity contribution in [3.63, 3.8) is 0 Å². The van der Waals surface area contributed by atoms with E-state index in [1.165, 1.54) is 0 Å². The SMILES string of the molecule is Cc1cccc(NC(=O)CN2CC3NCCCC3C2=O)c1. The van der Waals surface area contributed by atoms with E-state index < -0.39 is 0 Å². The van der Waals surface area contributed by atoms with Gasteiger partial charge in [-0.1, -0.05) is 12.1 Å². The Bertz CT molecular complexity index is 558. The fraction of sp³-hybridized carbons (Fsp3) is 0.500. The number of carbonyl (C=O) groups excluding carboxylic acids is 2. The van der Waals surface area contributed by atoms with Crippen LogP contribution in [-0.2, 0) is 9.59 Å². The zero-order chi connectivity index (χ0) is 14.8. The van der Waals surface area contributed by atoms with Gasteiger partial charge < -0.3 is 15.5 Å². The second-order valence-corrected chi connectivity index (χ2v) is 5.95. The van der Waals surface area contributed by atoms with Crippen LogP contribution in [0.2, 0.25) is 0 Å². The number of benzene rings is 1. The summed E-state index contributed by atoms with van der Waals surface area (Å²) in [5, 5.41) is 6.24. The van der Waals surface area contributed by atoms with Crippen LogP contribution in [0.5, 0.6) is 0 Å². The molecule has 21 heavy (non-hydrogen) atoms. The van der Waals surface area contributed by atoms with E-state index in [9.17, 15) is 9.59 Å². The first-order valence-electron chi connectivity index (χ1n) is 7.52. The van der Waals surface area contributed by atoms with Crippen molar-refractivity contribution in [2.45, 2.75) is 25.8 Å². The van der Waals surface area contributed by atoms with E-state index in [4.69, 9.17) is 0 Å². The number of carbonyl (C=O) groups is 2. The van der Waals surface area contributed by atoms with Gasteiger partial charge in [0.2, 0.25) is 11.8 Å². The van der Waals surface area contributed by atoms with Crippen molar-refractivity contribution in [2.75, 3.05) is 25.0 Å². The highest BCUT2D eigenvalue weighted by atomic mass is 16.2. The number of rotatable bonds is 3. The summed E-state index contributed by atoms with van der Waals surface area (Å²) in [6.07, 6.45) is 1.97. The van der Waals surface area contributed by atoms with Crippen LogP contribution in [-0.4, -0.2) is 42.4 Å². The van der Waals surface area contributed by atoms with E-state index in [0.29, 0.717) is 6.54 Å². The number of nitrogens with zero attached hydrogens (tertiary/aromatic N) is 1. The Morgan fingerprint density at radius 2 is 2.33 bits per heavy atom. The van der Waals surface area contributed by atoms with Crippen LogP contribution < -0.4 is 10.6 Å². The molecule has 5 nitrogen and oxygen atoms in total. The van der Waals surface area contributed by atoms with Gasteiger partial charge in [0.05, 0.1) is 12.5 Å². The number of nitrogens with one attached hydrogen (secondary N) is 2. The van der Waals surface area contributed by atoms with E-state index >= 15 is 0 Å². The van der Waals surface area contributed by atoms with E-state index in [-0.39, 0.29) is 30.3 Å². The molecule has 112 valence electrons. The van der Waals surface area contributed by atoms with Crippen molar-refractivity contribution in [2.24, 2.45) is 5.92 Å². The molecular weight excluding hydrogens is 266 g/mol. The van der Waals surface area contributed by atoms with Gasteiger partial charge in [0.1, 0.15) is 0 Å². The second kappa shape index (κ2) is 5.85. The van der Waals surface area contributed by atoms with Crippen molar-refractivity contribution < 1.29 is 9.59 Å². The lowest BCUT2D eigenvalue weighted by Crippen LogP contribution is -2.41. The fourth-order valence-electron chi connectivity index (χ4n) is 3.24. The number of amides is 2. The standard InChI is InChI=1S/C16H21N3O2/c1-11-4-2-5-12(8-11)18-15(20)10-19-9-14-13(16(19)21)6-3-7-17-14/h2,4-5,8,13-14,17H,3,6-7,9-10H2,1H3,(H,18,20). The summed E-state index contributed by atoms with van der Waals surface area (Å²) >= 11 is 0. The minimum atomic E-state index is -0.132. The molecule has 3 rings (SSSR count). The van der Waals surface area contributed by atoms with Crippen LogP contribution >= 0.6 is 0 Å². The molecule has 2 amide bonds. The molecule has 0 saturated carbocycles.